The van der Waals surface area contributed by atoms with Gasteiger partial charge in [-0.1, -0.05) is 42.5 Å². The summed E-state index contributed by atoms with van der Waals surface area (Å²) in [4.78, 5) is 23.1. The lowest BCUT2D eigenvalue weighted by Gasteiger charge is -2.11. The highest BCUT2D eigenvalue weighted by atomic mass is 16.5. The first-order chi connectivity index (χ1) is 12.5. The predicted molar refractivity (Wildman–Crippen MR) is 97.7 cm³/mol. The van der Waals surface area contributed by atoms with Gasteiger partial charge in [-0.05, 0) is 36.3 Å². The maximum atomic E-state index is 12.6. The minimum atomic E-state index is -1.03. The van der Waals surface area contributed by atoms with Gasteiger partial charge in [0.25, 0.3) is 5.91 Å². The molecular formula is C20H18N2O4. The van der Waals surface area contributed by atoms with E-state index in [1.807, 2.05) is 30.3 Å². The number of carboxylic acids is 1. The van der Waals surface area contributed by atoms with Crippen LogP contribution in [0.4, 0.5) is 0 Å². The second-order valence-corrected chi connectivity index (χ2v) is 5.84. The van der Waals surface area contributed by atoms with Crippen LogP contribution in [0.15, 0.2) is 65.3 Å². The minimum Gasteiger partial charge on any atom is -0.482 e. The zero-order chi connectivity index (χ0) is 18.5. The molecule has 2 aromatic carbocycles. The van der Waals surface area contributed by atoms with Crippen LogP contribution in [0.3, 0.4) is 0 Å². The summed E-state index contributed by atoms with van der Waals surface area (Å²) in [5.74, 6) is -0.709. The normalized spacial score (nSPS) is 15.3. The molecule has 1 aliphatic rings. The maximum Gasteiger partial charge on any atom is 0.341 e. The van der Waals surface area contributed by atoms with E-state index in [4.69, 9.17) is 9.84 Å². The van der Waals surface area contributed by atoms with Crippen LogP contribution in [0.5, 0.6) is 5.75 Å². The van der Waals surface area contributed by atoms with E-state index in [1.54, 1.807) is 37.3 Å². The number of aliphatic carboxylic acids is 1. The predicted octanol–water partition coefficient (Wildman–Crippen LogP) is 2.95. The summed E-state index contributed by atoms with van der Waals surface area (Å²) in [6.45, 7) is 1.84. The smallest absolute Gasteiger partial charge is 0.341 e. The van der Waals surface area contributed by atoms with Gasteiger partial charge in [-0.15, -0.1) is 0 Å². The fourth-order valence-electron chi connectivity index (χ4n) is 2.58. The standard InChI is InChI=1S/C20H18N2O4/c1-14-18(11-15-7-9-17(10-8-15)26-13-19(23)24)20(25)22(21-14)12-16-5-3-2-4-6-16/h2-11H,12-13H2,1H3,(H,23,24). The number of hydrogen-bond acceptors (Lipinski definition) is 4. The Hall–Kier alpha value is -3.41. The Balaban J connectivity index is 1.71. The van der Waals surface area contributed by atoms with E-state index < -0.39 is 5.97 Å². The molecule has 0 radical (unpaired) electrons. The van der Waals surface area contributed by atoms with Crippen LogP contribution in [0.25, 0.3) is 6.08 Å². The van der Waals surface area contributed by atoms with Crippen molar-refractivity contribution >= 4 is 23.7 Å². The van der Waals surface area contributed by atoms with Gasteiger partial charge in [-0.3, -0.25) is 4.79 Å². The number of benzene rings is 2. The Kier molecular flexibility index (Phi) is 5.12. The minimum absolute atomic E-state index is 0.141. The van der Waals surface area contributed by atoms with E-state index in [1.165, 1.54) is 5.01 Å². The number of amides is 1. The van der Waals surface area contributed by atoms with Gasteiger partial charge >= 0.3 is 5.97 Å². The lowest BCUT2D eigenvalue weighted by molar-refractivity contribution is -0.139. The Morgan fingerprint density at radius 1 is 1.15 bits per heavy atom. The first kappa shape index (κ1) is 17.4. The van der Waals surface area contributed by atoms with Crippen LogP contribution in [0, 0.1) is 0 Å². The van der Waals surface area contributed by atoms with Crippen LogP contribution < -0.4 is 4.74 Å². The molecule has 0 aromatic heterocycles. The lowest BCUT2D eigenvalue weighted by atomic mass is 10.1. The summed E-state index contributed by atoms with van der Waals surface area (Å²) < 4.78 is 5.10. The molecule has 26 heavy (non-hydrogen) atoms. The largest absolute Gasteiger partial charge is 0.482 e. The number of hydrogen-bond donors (Lipinski definition) is 1. The Bertz CT molecular complexity index is 870. The van der Waals surface area contributed by atoms with Crippen molar-refractivity contribution < 1.29 is 19.4 Å². The molecule has 1 heterocycles. The number of carbonyl (C=O) groups excluding carboxylic acids is 1. The molecule has 2 aromatic rings. The average molecular weight is 350 g/mol. The monoisotopic (exact) mass is 350 g/mol. The van der Waals surface area contributed by atoms with E-state index in [-0.39, 0.29) is 12.5 Å². The van der Waals surface area contributed by atoms with Crippen LogP contribution in [0.1, 0.15) is 18.1 Å². The third-order valence-electron chi connectivity index (χ3n) is 3.85. The molecule has 1 aliphatic heterocycles. The summed E-state index contributed by atoms with van der Waals surface area (Å²) >= 11 is 0. The first-order valence-electron chi connectivity index (χ1n) is 8.10. The summed E-state index contributed by atoms with van der Waals surface area (Å²) in [5, 5.41) is 14.4. The number of rotatable bonds is 6. The van der Waals surface area contributed by atoms with E-state index in [9.17, 15) is 9.59 Å². The molecule has 0 aliphatic carbocycles. The molecule has 0 fully saturated rings. The second kappa shape index (κ2) is 7.65. The number of carbonyl (C=O) groups is 2. The van der Waals surface area contributed by atoms with E-state index in [0.717, 1.165) is 11.1 Å². The number of nitrogens with zero attached hydrogens (tertiary/aromatic N) is 2. The fraction of sp³-hybridized carbons (Fsp3) is 0.150. The van der Waals surface area contributed by atoms with Gasteiger partial charge in [0.15, 0.2) is 6.61 Å². The molecular weight excluding hydrogens is 332 g/mol. The molecule has 0 saturated heterocycles. The van der Waals surface area contributed by atoms with Gasteiger partial charge < -0.3 is 9.84 Å². The van der Waals surface area contributed by atoms with Crippen molar-refractivity contribution in [3.63, 3.8) is 0 Å². The molecule has 3 rings (SSSR count). The number of ether oxygens (including phenoxy) is 1. The molecule has 1 amide bonds. The maximum absolute atomic E-state index is 12.6. The van der Waals surface area contributed by atoms with E-state index in [2.05, 4.69) is 5.10 Å². The van der Waals surface area contributed by atoms with Crippen LogP contribution in [-0.4, -0.2) is 34.3 Å². The summed E-state index contributed by atoms with van der Waals surface area (Å²) in [5.41, 5.74) is 3.03. The topological polar surface area (TPSA) is 79.2 Å². The van der Waals surface area contributed by atoms with Crippen molar-refractivity contribution in [1.29, 1.82) is 0 Å². The van der Waals surface area contributed by atoms with Gasteiger partial charge in [-0.25, -0.2) is 9.80 Å². The van der Waals surface area contributed by atoms with Crippen LogP contribution in [0.2, 0.25) is 0 Å². The SMILES string of the molecule is CC1=NN(Cc2ccccc2)C(=O)C1=Cc1ccc(OCC(=O)O)cc1. The third kappa shape index (κ3) is 4.16. The zero-order valence-electron chi connectivity index (χ0n) is 14.3. The molecule has 0 bridgehead atoms. The van der Waals surface area contributed by atoms with Crippen molar-refractivity contribution in [3.8, 4) is 5.75 Å². The van der Waals surface area contributed by atoms with Crippen molar-refractivity contribution in [3.05, 3.63) is 71.3 Å². The van der Waals surface area contributed by atoms with Crippen molar-refractivity contribution in [1.82, 2.24) is 5.01 Å². The number of carboxylic acid groups (broad SMARTS) is 1. The van der Waals surface area contributed by atoms with Gasteiger partial charge in [0, 0.05) is 0 Å². The van der Waals surface area contributed by atoms with E-state index in [0.29, 0.717) is 23.6 Å². The Morgan fingerprint density at radius 3 is 2.50 bits per heavy atom. The molecule has 0 spiro atoms. The summed E-state index contributed by atoms with van der Waals surface area (Å²) in [6.07, 6.45) is 1.77. The van der Waals surface area contributed by atoms with Gasteiger partial charge in [0.05, 0.1) is 17.8 Å². The molecule has 6 heteroatoms. The van der Waals surface area contributed by atoms with Gasteiger partial charge in [0.1, 0.15) is 5.75 Å². The van der Waals surface area contributed by atoms with Crippen LogP contribution in [-0.2, 0) is 16.1 Å². The lowest BCUT2D eigenvalue weighted by Crippen LogP contribution is -2.21. The fourth-order valence-corrected chi connectivity index (χ4v) is 2.58. The van der Waals surface area contributed by atoms with Crippen LogP contribution >= 0.6 is 0 Å². The Morgan fingerprint density at radius 2 is 1.85 bits per heavy atom. The summed E-state index contributed by atoms with van der Waals surface area (Å²) in [7, 11) is 0. The Labute approximate surface area is 151 Å². The first-order valence-corrected chi connectivity index (χ1v) is 8.10. The molecule has 132 valence electrons. The zero-order valence-corrected chi connectivity index (χ0v) is 14.3. The van der Waals surface area contributed by atoms with Crippen molar-refractivity contribution in [2.24, 2.45) is 5.10 Å². The van der Waals surface area contributed by atoms with Crippen molar-refractivity contribution in [2.45, 2.75) is 13.5 Å². The van der Waals surface area contributed by atoms with E-state index >= 15 is 0 Å². The highest BCUT2D eigenvalue weighted by Gasteiger charge is 2.27. The highest BCUT2D eigenvalue weighted by molar-refractivity contribution is 6.26. The molecule has 0 unspecified atom stereocenters. The van der Waals surface area contributed by atoms with Gasteiger partial charge in [-0.2, -0.15) is 5.10 Å². The van der Waals surface area contributed by atoms with Gasteiger partial charge in [0.2, 0.25) is 0 Å². The second-order valence-electron chi connectivity index (χ2n) is 5.84. The molecule has 1 N–H and O–H groups in total. The summed E-state index contributed by atoms with van der Waals surface area (Å²) in [6, 6.07) is 16.6. The highest BCUT2D eigenvalue weighted by Crippen LogP contribution is 2.21. The number of hydrazone groups is 1. The quantitative estimate of drug-likeness (QED) is 0.813. The molecule has 6 nitrogen and oxygen atoms in total. The molecule has 0 atom stereocenters. The average Bonchev–Trinajstić information content (AvgIpc) is 2.89. The molecule has 0 saturated carbocycles. The van der Waals surface area contributed by atoms with Crippen molar-refractivity contribution in [2.75, 3.05) is 6.61 Å². The third-order valence-corrected chi connectivity index (χ3v) is 3.85.